The van der Waals surface area contributed by atoms with Crippen LogP contribution in [0.2, 0.25) is 0 Å². The predicted molar refractivity (Wildman–Crippen MR) is 150 cm³/mol. The topological polar surface area (TPSA) is 126 Å². The van der Waals surface area contributed by atoms with E-state index in [4.69, 9.17) is 4.74 Å². The van der Waals surface area contributed by atoms with Crippen molar-refractivity contribution < 1.29 is 37.0 Å². The second-order valence-electron chi connectivity index (χ2n) is 10.7. The van der Waals surface area contributed by atoms with Gasteiger partial charge in [-0.1, -0.05) is 0 Å². The minimum atomic E-state index is -4.74. The molecular formula is C29H26F4N6O4. The van der Waals surface area contributed by atoms with Gasteiger partial charge in [-0.3, -0.25) is 14.7 Å². The third-order valence-corrected chi connectivity index (χ3v) is 6.44. The molecule has 14 heteroatoms. The van der Waals surface area contributed by atoms with Crippen molar-refractivity contribution in [1.82, 2.24) is 24.7 Å². The number of hydrogen-bond acceptors (Lipinski definition) is 6. The number of hydrogen-bond donors (Lipinski definition) is 2. The number of aromatic amines is 1. The number of carboxylic acid groups (broad SMARTS) is 1. The number of amides is 1. The van der Waals surface area contributed by atoms with Gasteiger partial charge in [0.25, 0.3) is 0 Å². The number of carbonyl (C=O) groups is 2. The molecule has 0 aliphatic heterocycles. The van der Waals surface area contributed by atoms with Gasteiger partial charge in [0.2, 0.25) is 0 Å². The maximum Gasteiger partial charge on any atom is 0.435 e. The van der Waals surface area contributed by atoms with E-state index >= 15 is 4.39 Å². The Bertz CT molecular complexity index is 1870. The highest BCUT2D eigenvalue weighted by atomic mass is 19.4. The van der Waals surface area contributed by atoms with Crippen LogP contribution in [0.4, 0.5) is 28.0 Å². The van der Waals surface area contributed by atoms with Crippen LogP contribution in [0, 0.1) is 5.82 Å². The number of aliphatic carboxylic acids is 1. The number of benzene rings is 1. The van der Waals surface area contributed by atoms with Gasteiger partial charge in [0.1, 0.15) is 17.1 Å². The van der Waals surface area contributed by atoms with Crippen LogP contribution in [0.25, 0.3) is 38.8 Å². The molecule has 10 nitrogen and oxygen atoms in total. The van der Waals surface area contributed by atoms with Gasteiger partial charge in [-0.2, -0.15) is 18.3 Å². The summed E-state index contributed by atoms with van der Waals surface area (Å²) in [4.78, 5) is 37.3. The lowest BCUT2D eigenvalue weighted by atomic mass is 10.0. The summed E-state index contributed by atoms with van der Waals surface area (Å²) in [7, 11) is 0. The van der Waals surface area contributed by atoms with Gasteiger partial charge in [-0.05, 0) is 57.5 Å². The zero-order chi connectivity index (χ0) is 31.3. The minimum Gasteiger partial charge on any atom is -0.481 e. The van der Waals surface area contributed by atoms with E-state index in [1.807, 2.05) is 0 Å². The molecule has 43 heavy (non-hydrogen) atoms. The molecule has 4 heterocycles. The van der Waals surface area contributed by atoms with Gasteiger partial charge < -0.3 is 14.8 Å². The van der Waals surface area contributed by atoms with Crippen molar-refractivity contribution in [2.75, 3.05) is 11.4 Å². The molecule has 224 valence electrons. The molecule has 0 aliphatic carbocycles. The second kappa shape index (κ2) is 10.7. The number of fused-ring (bicyclic) bond motifs is 3. The van der Waals surface area contributed by atoms with Crippen molar-refractivity contribution in [2.24, 2.45) is 0 Å². The molecule has 0 spiro atoms. The number of rotatable bonds is 6. The van der Waals surface area contributed by atoms with E-state index in [9.17, 15) is 27.9 Å². The Hall–Kier alpha value is -5.01. The summed E-state index contributed by atoms with van der Waals surface area (Å²) >= 11 is 0. The molecule has 0 saturated heterocycles. The van der Waals surface area contributed by atoms with Crippen LogP contribution in [-0.2, 0) is 22.1 Å². The number of nitrogens with zero attached hydrogens (tertiary/aromatic N) is 5. The van der Waals surface area contributed by atoms with Crippen molar-refractivity contribution in [3.05, 3.63) is 66.1 Å². The Kier molecular flexibility index (Phi) is 7.32. The summed E-state index contributed by atoms with van der Waals surface area (Å²) in [6.07, 6.45) is -0.535. The lowest BCUT2D eigenvalue weighted by Gasteiger charge is -2.27. The Morgan fingerprint density at radius 2 is 1.86 bits per heavy atom. The summed E-state index contributed by atoms with van der Waals surface area (Å²) in [6.45, 7) is 6.88. The van der Waals surface area contributed by atoms with Crippen molar-refractivity contribution in [1.29, 1.82) is 0 Å². The highest BCUT2D eigenvalue weighted by molar-refractivity contribution is 6.16. The number of pyridine rings is 2. The molecule has 0 saturated carbocycles. The van der Waals surface area contributed by atoms with E-state index < -0.39 is 35.4 Å². The number of nitrogens with one attached hydrogen (secondary N) is 1. The first kappa shape index (κ1) is 29.5. The van der Waals surface area contributed by atoms with E-state index in [1.54, 1.807) is 27.7 Å². The first-order valence-electron chi connectivity index (χ1n) is 13.1. The van der Waals surface area contributed by atoms with Crippen molar-refractivity contribution >= 4 is 39.7 Å². The molecule has 0 unspecified atom stereocenters. The highest BCUT2D eigenvalue weighted by Crippen LogP contribution is 2.40. The molecule has 5 rings (SSSR count). The number of carbonyl (C=O) groups excluding carboxylic acids is 1. The average molecular weight is 599 g/mol. The SMILES string of the molecule is CCN(C(=O)OC(C)(C)C)c1cc(F)cc2c1[nH]c1ncc(-c3cncc(CC(=O)O)c3)c(-n3ccc(C(F)(F)F)n3)c12. The quantitative estimate of drug-likeness (QED) is 0.213. The van der Waals surface area contributed by atoms with Crippen LogP contribution in [0.15, 0.2) is 49.1 Å². The summed E-state index contributed by atoms with van der Waals surface area (Å²) in [5, 5.41) is 13.5. The van der Waals surface area contributed by atoms with E-state index in [0.29, 0.717) is 11.1 Å². The van der Waals surface area contributed by atoms with E-state index in [1.165, 1.54) is 35.6 Å². The number of H-pyrrole nitrogens is 1. The van der Waals surface area contributed by atoms with Gasteiger partial charge in [0.15, 0.2) is 5.69 Å². The lowest BCUT2D eigenvalue weighted by molar-refractivity contribution is -0.141. The number of anilines is 1. The van der Waals surface area contributed by atoms with Crippen LogP contribution < -0.4 is 4.90 Å². The maximum absolute atomic E-state index is 15.2. The predicted octanol–water partition coefficient (Wildman–Crippen LogP) is 6.51. The monoisotopic (exact) mass is 598 g/mol. The fourth-order valence-electron chi connectivity index (χ4n) is 4.77. The molecule has 0 fully saturated rings. The average Bonchev–Trinajstić information content (AvgIpc) is 3.53. The minimum absolute atomic E-state index is 0.109. The van der Waals surface area contributed by atoms with Gasteiger partial charge in [-0.15, -0.1) is 0 Å². The fraction of sp³-hybridized carbons (Fsp3) is 0.276. The van der Waals surface area contributed by atoms with Crippen molar-refractivity contribution in [2.45, 2.75) is 45.9 Å². The molecule has 0 radical (unpaired) electrons. The Morgan fingerprint density at radius 1 is 1.12 bits per heavy atom. The largest absolute Gasteiger partial charge is 0.481 e. The van der Waals surface area contributed by atoms with Crippen LogP contribution >= 0.6 is 0 Å². The molecule has 0 atom stereocenters. The number of aromatic nitrogens is 5. The van der Waals surface area contributed by atoms with Gasteiger partial charge in [0, 0.05) is 47.8 Å². The number of carboxylic acids is 1. The van der Waals surface area contributed by atoms with Crippen molar-refractivity contribution in [3.8, 4) is 16.8 Å². The van der Waals surface area contributed by atoms with E-state index in [-0.39, 0.29) is 51.8 Å². The summed E-state index contributed by atoms with van der Waals surface area (Å²) in [5.74, 6) is -1.82. The van der Waals surface area contributed by atoms with Crippen LogP contribution in [0.5, 0.6) is 0 Å². The van der Waals surface area contributed by atoms with E-state index in [2.05, 4.69) is 20.1 Å². The van der Waals surface area contributed by atoms with Gasteiger partial charge in [0.05, 0.1) is 28.7 Å². The third-order valence-electron chi connectivity index (χ3n) is 6.44. The maximum atomic E-state index is 15.2. The molecule has 2 N–H and O–H groups in total. The third kappa shape index (κ3) is 5.85. The summed E-state index contributed by atoms with van der Waals surface area (Å²) < 4.78 is 62.5. The lowest BCUT2D eigenvalue weighted by Crippen LogP contribution is -2.37. The zero-order valence-electron chi connectivity index (χ0n) is 23.5. The number of ether oxygens (including phenoxy) is 1. The zero-order valence-corrected chi connectivity index (χ0v) is 23.5. The molecule has 1 amide bonds. The summed E-state index contributed by atoms with van der Waals surface area (Å²) in [5.41, 5.74) is -0.323. The fourth-order valence-corrected chi connectivity index (χ4v) is 4.77. The molecular weight excluding hydrogens is 572 g/mol. The molecule has 1 aromatic carbocycles. The Balaban J connectivity index is 1.83. The van der Waals surface area contributed by atoms with E-state index in [0.717, 1.165) is 23.0 Å². The highest BCUT2D eigenvalue weighted by Gasteiger charge is 2.34. The van der Waals surface area contributed by atoms with Crippen LogP contribution in [-0.4, -0.2) is 54.0 Å². The van der Waals surface area contributed by atoms with Crippen LogP contribution in [0.3, 0.4) is 0 Å². The van der Waals surface area contributed by atoms with Crippen molar-refractivity contribution in [3.63, 3.8) is 0 Å². The van der Waals surface area contributed by atoms with Gasteiger partial charge in [-0.25, -0.2) is 18.9 Å². The molecule has 5 aromatic rings. The Morgan fingerprint density at radius 3 is 2.49 bits per heavy atom. The van der Waals surface area contributed by atoms with Crippen LogP contribution in [0.1, 0.15) is 39.0 Å². The smallest absolute Gasteiger partial charge is 0.435 e. The summed E-state index contributed by atoms with van der Waals surface area (Å²) in [6, 6.07) is 4.67. The number of alkyl halides is 3. The standard InChI is InChI=1S/C29H26F4N6O4/c1-5-38(27(42)43-28(2,3)4)20-11-17(30)10-18-23-25(39-7-6-21(37-39)29(31,32)33)19(14-35-26(23)36-24(18)20)16-8-15(9-22(40)41)12-34-13-16/h6-8,10-14H,5,9H2,1-4H3,(H,35,36)(H,40,41). The second-order valence-corrected chi connectivity index (χ2v) is 10.7. The first-order valence-corrected chi connectivity index (χ1v) is 13.1. The molecule has 0 bridgehead atoms. The molecule has 0 aliphatic rings. The molecule has 4 aromatic heterocycles. The normalized spacial score (nSPS) is 12.2. The Labute approximate surface area is 241 Å². The first-order chi connectivity index (χ1) is 20.2. The van der Waals surface area contributed by atoms with Gasteiger partial charge >= 0.3 is 18.2 Å². The number of halogens is 4.